The fourth-order valence-electron chi connectivity index (χ4n) is 5.62. The standard InChI is InChI=1S/C27H20NO/c1-27(2)21-13-17-12-11-16-7-3-5-9-19(16)22(17)26-23(21)25-24(27)20-10-6-4-8-18(20)14-28(25)15-29-26/h3-14H,15H2,1-2H3/q+1. The van der Waals surface area contributed by atoms with E-state index in [1.54, 1.807) is 0 Å². The maximum absolute atomic E-state index is 6.49. The van der Waals surface area contributed by atoms with E-state index in [1.165, 1.54) is 54.7 Å². The van der Waals surface area contributed by atoms with Gasteiger partial charge in [-0.25, -0.2) is 0 Å². The van der Waals surface area contributed by atoms with Gasteiger partial charge in [0.1, 0.15) is 5.75 Å². The van der Waals surface area contributed by atoms with E-state index in [9.17, 15) is 0 Å². The van der Waals surface area contributed by atoms with Gasteiger partial charge in [0.05, 0.1) is 5.56 Å². The minimum absolute atomic E-state index is 0.0738. The van der Waals surface area contributed by atoms with Gasteiger partial charge in [0.25, 0.3) is 6.73 Å². The summed E-state index contributed by atoms with van der Waals surface area (Å²) in [6, 6.07) is 24.2. The van der Waals surface area contributed by atoms with Crippen molar-refractivity contribution in [2.45, 2.75) is 26.0 Å². The van der Waals surface area contributed by atoms with E-state index in [-0.39, 0.29) is 5.41 Å². The highest BCUT2D eigenvalue weighted by atomic mass is 16.5. The van der Waals surface area contributed by atoms with Crippen molar-refractivity contribution in [1.82, 2.24) is 0 Å². The van der Waals surface area contributed by atoms with Crippen molar-refractivity contribution in [2.24, 2.45) is 0 Å². The highest BCUT2D eigenvalue weighted by Gasteiger charge is 2.47. The van der Waals surface area contributed by atoms with E-state index in [0.717, 1.165) is 5.75 Å². The molecule has 29 heavy (non-hydrogen) atoms. The van der Waals surface area contributed by atoms with Gasteiger partial charge in [-0.2, -0.15) is 4.57 Å². The fourth-order valence-corrected chi connectivity index (χ4v) is 5.62. The summed E-state index contributed by atoms with van der Waals surface area (Å²) in [5, 5.41) is 7.65. The number of aromatic nitrogens is 1. The Morgan fingerprint density at radius 1 is 0.828 bits per heavy atom. The quantitative estimate of drug-likeness (QED) is 0.236. The van der Waals surface area contributed by atoms with Crippen LogP contribution in [0, 0.1) is 0 Å². The van der Waals surface area contributed by atoms with Crippen LogP contribution in [0.3, 0.4) is 0 Å². The average Bonchev–Trinajstić information content (AvgIpc) is 2.99. The summed E-state index contributed by atoms with van der Waals surface area (Å²) in [6.07, 6.45) is 2.25. The third-order valence-corrected chi connectivity index (χ3v) is 6.92. The van der Waals surface area contributed by atoms with Crippen molar-refractivity contribution in [1.29, 1.82) is 0 Å². The zero-order valence-corrected chi connectivity index (χ0v) is 16.5. The van der Waals surface area contributed by atoms with Gasteiger partial charge in [0.2, 0.25) is 5.69 Å². The molecule has 4 aromatic carbocycles. The molecule has 0 amide bonds. The molecule has 0 unspecified atom stereocenters. The molecule has 2 nitrogen and oxygen atoms in total. The van der Waals surface area contributed by atoms with E-state index in [0.29, 0.717) is 6.73 Å². The summed E-state index contributed by atoms with van der Waals surface area (Å²) < 4.78 is 8.79. The van der Waals surface area contributed by atoms with E-state index < -0.39 is 0 Å². The first-order valence-corrected chi connectivity index (χ1v) is 10.2. The Balaban J connectivity index is 1.74. The van der Waals surface area contributed by atoms with Gasteiger partial charge in [0, 0.05) is 21.8 Å². The van der Waals surface area contributed by atoms with Crippen LogP contribution >= 0.6 is 0 Å². The predicted octanol–water partition coefficient (Wildman–Crippen LogP) is 6.09. The minimum Gasteiger partial charge on any atom is -0.434 e. The van der Waals surface area contributed by atoms with Crippen molar-refractivity contribution in [3.05, 3.63) is 84.1 Å². The summed E-state index contributed by atoms with van der Waals surface area (Å²) >= 11 is 0. The van der Waals surface area contributed by atoms with Crippen molar-refractivity contribution in [3.63, 3.8) is 0 Å². The monoisotopic (exact) mass is 374 g/mol. The molecule has 0 saturated heterocycles. The molecule has 7 rings (SSSR count). The molecular weight excluding hydrogens is 354 g/mol. The van der Waals surface area contributed by atoms with Gasteiger partial charge in [0.15, 0.2) is 6.20 Å². The second kappa shape index (κ2) is 4.96. The number of hydrogen-bond acceptors (Lipinski definition) is 1. The summed E-state index contributed by atoms with van der Waals surface area (Å²) in [4.78, 5) is 0. The maximum Gasteiger partial charge on any atom is 0.292 e. The van der Waals surface area contributed by atoms with E-state index >= 15 is 0 Å². The summed E-state index contributed by atoms with van der Waals surface area (Å²) in [5.41, 5.74) is 5.34. The first-order chi connectivity index (χ1) is 14.1. The van der Waals surface area contributed by atoms with Crippen molar-refractivity contribution in [2.75, 3.05) is 0 Å². The lowest BCUT2D eigenvalue weighted by atomic mass is 9.80. The molecule has 1 aliphatic heterocycles. The maximum atomic E-state index is 6.49. The van der Waals surface area contributed by atoms with E-state index in [2.05, 4.69) is 91.3 Å². The number of nitrogens with zero attached hydrogens (tertiary/aromatic N) is 1. The van der Waals surface area contributed by atoms with E-state index in [4.69, 9.17) is 4.74 Å². The normalized spacial score (nSPS) is 15.7. The van der Waals surface area contributed by atoms with E-state index in [1.807, 2.05) is 0 Å². The van der Waals surface area contributed by atoms with Crippen molar-refractivity contribution >= 4 is 32.3 Å². The molecule has 0 N–H and O–H groups in total. The molecule has 0 spiro atoms. The SMILES string of the molecule is CC1(C)c2cc3ccc4ccccc4c3c3c2-c2c1c1ccccc1c[n+]2CO3. The summed E-state index contributed by atoms with van der Waals surface area (Å²) in [6.45, 7) is 5.27. The third-order valence-electron chi connectivity index (χ3n) is 6.92. The number of ether oxygens (including phenoxy) is 1. The van der Waals surface area contributed by atoms with Crippen LogP contribution in [0.4, 0.5) is 0 Å². The van der Waals surface area contributed by atoms with Crippen molar-refractivity contribution < 1.29 is 9.30 Å². The Hall–Kier alpha value is -3.39. The molecule has 0 atom stereocenters. The fraction of sp³-hybridized carbons (Fsp3) is 0.148. The minimum atomic E-state index is -0.0738. The van der Waals surface area contributed by atoms with Gasteiger partial charge in [-0.1, -0.05) is 68.4 Å². The van der Waals surface area contributed by atoms with Crippen LogP contribution in [0.25, 0.3) is 43.6 Å². The van der Waals surface area contributed by atoms with Crippen LogP contribution in [-0.4, -0.2) is 0 Å². The predicted molar refractivity (Wildman–Crippen MR) is 117 cm³/mol. The largest absolute Gasteiger partial charge is 0.434 e. The topological polar surface area (TPSA) is 13.1 Å². The first-order valence-electron chi connectivity index (χ1n) is 10.2. The molecule has 2 aliphatic rings. The Morgan fingerprint density at radius 2 is 1.55 bits per heavy atom. The molecule has 2 heterocycles. The molecule has 0 bridgehead atoms. The molecular formula is C27H20NO+. The van der Waals surface area contributed by atoms with Gasteiger partial charge < -0.3 is 4.74 Å². The lowest BCUT2D eigenvalue weighted by molar-refractivity contribution is -0.716. The second-order valence-corrected chi connectivity index (χ2v) is 8.82. The molecule has 1 aromatic heterocycles. The Morgan fingerprint density at radius 3 is 2.41 bits per heavy atom. The number of rotatable bonds is 0. The average molecular weight is 374 g/mol. The number of fused-ring (bicyclic) bond motifs is 6. The number of hydrogen-bond donors (Lipinski definition) is 0. The highest BCUT2D eigenvalue weighted by Crippen LogP contribution is 2.56. The Kier molecular flexibility index (Phi) is 2.65. The summed E-state index contributed by atoms with van der Waals surface area (Å²) in [5.74, 6) is 1.05. The van der Waals surface area contributed by atoms with Gasteiger partial charge >= 0.3 is 0 Å². The molecule has 1 aliphatic carbocycles. The van der Waals surface area contributed by atoms with Crippen LogP contribution in [0.5, 0.6) is 5.75 Å². The van der Waals surface area contributed by atoms with Crippen LogP contribution < -0.4 is 9.30 Å². The zero-order chi connectivity index (χ0) is 19.3. The van der Waals surface area contributed by atoms with Crippen LogP contribution in [0.2, 0.25) is 0 Å². The molecule has 0 fully saturated rings. The van der Waals surface area contributed by atoms with Gasteiger partial charge in [-0.3, -0.25) is 0 Å². The smallest absolute Gasteiger partial charge is 0.292 e. The lowest BCUT2D eigenvalue weighted by Crippen LogP contribution is -2.42. The van der Waals surface area contributed by atoms with Gasteiger partial charge in [-0.15, -0.1) is 0 Å². The van der Waals surface area contributed by atoms with Gasteiger partial charge in [-0.05, 0) is 39.2 Å². The molecule has 0 radical (unpaired) electrons. The number of pyridine rings is 1. The van der Waals surface area contributed by atoms with Crippen molar-refractivity contribution in [3.8, 4) is 17.0 Å². The third kappa shape index (κ3) is 1.76. The summed E-state index contributed by atoms with van der Waals surface area (Å²) in [7, 11) is 0. The van der Waals surface area contributed by atoms with Crippen LogP contribution in [-0.2, 0) is 12.1 Å². The Bertz CT molecular complexity index is 1530. The van der Waals surface area contributed by atoms with Crippen LogP contribution in [0.1, 0.15) is 25.0 Å². The highest BCUT2D eigenvalue weighted by molar-refractivity contribution is 6.14. The number of benzene rings is 4. The lowest BCUT2D eigenvalue weighted by Gasteiger charge is -2.22. The van der Waals surface area contributed by atoms with Crippen LogP contribution in [0.15, 0.2) is 72.9 Å². The first kappa shape index (κ1) is 15.5. The molecule has 5 aromatic rings. The molecule has 2 heteroatoms. The zero-order valence-electron chi connectivity index (χ0n) is 16.5. The molecule has 0 saturated carbocycles. The second-order valence-electron chi connectivity index (χ2n) is 8.82. The Labute approximate surface area is 169 Å². The molecule has 138 valence electrons.